The van der Waals surface area contributed by atoms with E-state index in [0.29, 0.717) is 0 Å². The summed E-state index contributed by atoms with van der Waals surface area (Å²) < 4.78 is 0. The lowest BCUT2D eigenvalue weighted by Crippen LogP contribution is -0.552. The molecule has 0 rings (SSSR count). The third kappa shape index (κ3) is 596. The van der Waals surface area contributed by atoms with Gasteiger partial charge in [0.25, 0.3) is 0 Å². The Balaban J connectivity index is -0.00000000298. The standard InChI is InChI=1S/5C2H4.4CH4/c5*1-2;;;;/h5*1-2H2;4*1H4. The number of hydrogen-bond donors (Lipinski definition) is 0. The lowest BCUT2D eigenvalue weighted by atomic mass is 11.3. The monoisotopic (exact) mass is 204 g/mol. The summed E-state index contributed by atoms with van der Waals surface area (Å²) in [7, 11) is 0. The van der Waals surface area contributed by atoms with Gasteiger partial charge in [-0.15, -0.1) is 65.8 Å². The zero-order valence-electron chi connectivity index (χ0n) is 7.07. The largest absolute Gasteiger partial charge is 0.106 e. The van der Waals surface area contributed by atoms with Gasteiger partial charge in [0.2, 0.25) is 0 Å². The van der Waals surface area contributed by atoms with E-state index in [1.54, 1.807) is 0 Å². The van der Waals surface area contributed by atoms with E-state index in [1.165, 1.54) is 0 Å². The molecule has 0 atom stereocenters. The van der Waals surface area contributed by atoms with Crippen molar-refractivity contribution < 1.29 is 0 Å². The van der Waals surface area contributed by atoms with E-state index < -0.39 is 0 Å². The van der Waals surface area contributed by atoms with E-state index in [1.807, 2.05) is 0 Å². The van der Waals surface area contributed by atoms with Crippen molar-refractivity contribution in [2.75, 3.05) is 0 Å². The van der Waals surface area contributed by atoms with E-state index in [4.69, 9.17) is 0 Å². The van der Waals surface area contributed by atoms with Crippen LogP contribution in [0, 0.1) is 0 Å². The van der Waals surface area contributed by atoms with Crippen LogP contribution < -0.4 is 0 Å². The van der Waals surface area contributed by atoms with E-state index >= 15 is 0 Å². The summed E-state index contributed by atoms with van der Waals surface area (Å²) >= 11 is 0. The van der Waals surface area contributed by atoms with Gasteiger partial charge in [-0.05, 0) is 0 Å². The molecule has 0 radical (unpaired) electrons. The van der Waals surface area contributed by atoms with Crippen molar-refractivity contribution >= 4 is 0 Å². The molecule has 0 aliphatic carbocycles. The third-order valence-electron chi connectivity index (χ3n) is 0. The van der Waals surface area contributed by atoms with Gasteiger partial charge in [0, 0.05) is 0 Å². The molecule has 0 aromatic rings. The van der Waals surface area contributed by atoms with Gasteiger partial charge >= 0.3 is 0 Å². The third-order valence-corrected chi connectivity index (χ3v) is 0. The Labute approximate surface area is 96.1 Å². The molecule has 0 aromatic carbocycles. The maximum Gasteiger partial charge on any atom is -0.0776 e. The second kappa shape index (κ2) is 793. The second-order valence-corrected chi connectivity index (χ2v) is 0. The minimum Gasteiger partial charge on any atom is -0.106 e. The van der Waals surface area contributed by atoms with Crippen LogP contribution in [-0.2, 0) is 0 Å². The Kier molecular flexibility index (Phi) is 7190. The minimum absolute atomic E-state index is 0. The van der Waals surface area contributed by atoms with Crippen molar-refractivity contribution in [2.24, 2.45) is 0 Å². The lowest BCUT2D eigenvalue weighted by molar-refractivity contribution is 2.50. The molecule has 14 heavy (non-hydrogen) atoms. The number of hydrogen-bond acceptors (Lipinski definition) is 0. The van der Waals surface area contributed by atoms with Crippen LogP contribution in [0.3, 0.4) is 0 Å². The van der Waals surface area contributed by atoms with Crippen LogP contribution in [-0.4, -0.2) is 0 Å². The van der Waals surface area contributed by atoms with Crippen molar-refractivity contribution in [2.45, 2.75) is 29.7 Å². The molecule has 92 valence electrons. The fourth-order valence-electron chi connectivity index (χ4n) is 0. The second-order valence-electron chi connectivity index (χ2n) is 0. The molecule has 0 bridgehead atoms. The van der Waals surface area contributed by atoms with Crippen molar-refractivity contribution in [1.29, 1.82) is 0 Å². The Morgan fingerprint density at radius 2 is 0.214 bits per heavy atom. The zero-order valence-corrected chi connectivity index (χ0v) is 7.07. The van der Waals surface area contributed by atoms with Crippen LogP contribution in [0.5, 0.6) is 0 Å². The van der Waals surface area contributed by atoms with Gasteiger partial charge in [0.1, 0.15) is 0 Å². The van der Waals surface area contributed by atoms with Crippen LogP contribution >= 0.6 is 0 Å². The highest BCUT2D eigenvalue weighted by Gasteiger charge is 0.609. The first kappa shape index (κ1) is 127. The summed E-state index contributed by atoms with van der Waals surface area (Å²) in [5.41, 5.74) is 0. The Hall–Kier alpha value is -1.30. The van der Waals surface area contributed by atoms with Gasteiger partial charge in [-0.3, -0.25) is 0 Å². The molecule has 0 spiro atoms. The van der Waals surface area contributed by atoms with Crippen LogP contribution in [0.25, 0.3) is 0 Å². The van der Waals surface area contributed by atoms with Crippen LogP contribution in [0.1, 0.15) is 29.7 Å². The molecule has 0 saturated heterocycles. The molecule has 0 N–H and O–H groups in total. The van der Waals surface area contributed by atoms with E-state index in [9.17, 15) is 0 Å². The van der Waals surface area contributed by atoms with Crippen LogP contribution in [0.2, 0.25) is 0 Å². The zero-order chi connectivity index (χ0) is 10.0. The number of rotatable bonds is 0. The van der Waals surface area contributed by atoms with Crippen molar-refractivity contribution in [3.8, 4) is 0 Å². The van der Waals surface area contributed by atoms with E-state index in [0.717, 1.165) is 0 Å². The fraction of sp³-hybridized carbons (Fsp3) is 0.286. The van der Waals surface area contributed by atoms with Gasteiger partial charge in [-0.2, -0.15) is 0 Å². The average molecular weight is 204 g/mol. The first-order valence-corrected chi connectivity index (χ1v) is 2.50. The van der Waals surface area contributed by atoms with Gasteiger partial charge < -0.3 is 0 Å². The van der Waals surface area contributed by atoms with Gasteiger partial charge in [0.15, 0.2) is 0 Å². The summed E-state index contributed by atoms with van der Waals surface area (Å²) in [4.78, 5) is 0. The average Bonchev–Trinajstić information content (AvgIpc) is 2.20. The summed E-state index contributed by atoms with van der Waals surface area (Å²) in [5, 5.41) is 0. The highest BCUT2D eigenvalue weighted by atomic mass is 12.7. The normalized spacial score (nSPS) is 1.43. The smallest absolute Gasteiger partial charge is 0.0776 e. The summed E-state index contributed by atoms with van der Waals surface area (Å²) in [6.45, 7) is 30.0. The van der Waals surface area contributed by atoms with E-state index in [-0.39, 0.29) is 29.7 Å². The van der Waals surface area contributed by atoms with Crippen LogP contribution in [0.4, 0.5) is 0 Å². The summed E-state index contributed by atoms with van der Waals surface area (Å²) in [6.07, 6.45) is 0. The molecule has 0 saturated carbocycles. The summed E-state index contributed by atoms with van der Waals surface area (Å²) in [6, 6.07) is 0. The van der Waals surface area contributed by atoms with E-state index in [2.05, 4.69) is 65.8 Å². The topological polar surface area (TPSA) is 0 Å². The quantitative estimate of drug-likeness (QED) is 0.392. The van der Waals surface area contributed by atoms with Crippen LogP contribution in [0.15, 0.2) is 65.8 Å². The first-order valence-electron chi connectivity index (χ1n) is 2.50. The Morgan fingerprint density at radius 3 is 0.214 bits per heavy atom. The minimum atomic E-state index is 0. The van der Waals surface area contributed by atoms with Crippen molar-refractivity contribution in [3.05, 3.63) is 65.8 Å². The van der Waals surface area contributed by atoms with Gasteiger partial charge in [-0.1, -0.05) is 29.7 Å². The molecule has 0 heterocycles. The van der Waals surface area contributed by atoms with Crippen molar-refractivity contribution in [1.82, 2.24) is 0 Å². The van der Waals surface area contributed by atoms with Gasteiger partial charge in [0.05, 0.1) is 0 Å². The maximum absolute atomic E-state index is 3.00. The molecule has 0 nitrogen and oxygen atoms in total. The molecular formula is C14H36. The molecule has 0 unspecified atom stereocenters. The molecule has 0 aromatic heterocycles. The molecule has 0 amide bonds. The van der Waals surface area contributed by atoms with Crippen molar-refractivity contribution in [3.63, 3.8) is 0 Å². The molecular weight excluding hydrogens is 168 g/mol. The summed E-state index contributed by atoms with van der Waals surface area (Å²) in [5.74, 6) is 0. The molecule has 0 aliphatic heterocycles. The maximum atomic E-state index is 3.00. The SMILES string of the molecule is C.C.C.C.C=C.C=C.C=C.C=C.C=C. The first-order chi connectivity index (χ1) is 5.00. The molecule has 0 heteroatoms. The van der Waals surface area contributed by atoms with Gasteiger partial charge in [-0.25, -0.2) is 0 Å². The highest BCUT2D eigenvalue weighted by Crippen LogP contribution is 0.870. The highest BCUT2D eigenvalue weighted by molar-refractivity contribution is 4.23. The molecule has 0 fully saturated rings. The fourth-order valence-corrected chi connectivity index (χ4v) is 0. The Bertz CT molecular complexity index is 11.6. The predicted molar refractivity (Wildman–Crippen MR) is 83.2 cm³/mol. The molecule has 0 aliphatic rings. The predicted octanol–water partition coefficient (Wildman–Crippen LogP) is 6.56. The Morgan fingerprint density at radius 1 is 0.214 bits per heavy atom. The lowest BCUT2D eigenvalue weighted by Gasteiger charge is -0.813.